The van der Waals surface area contributed by atoms with Crippen molar-refractivity contribution in [1.82, 2.24) is 20.1 Å². The Labute approximate surface area is 213 Å². The number of methoxy groups -OCH3 is 1. The number of nitrogens with one attached hydrogen (secondary N) is 2. The minimum absolute atomic E-state index is 0.589. The standard InChI is InChI=1S/C22H26N6O.C7H8/c1-28-16-20(15-27-28)19-12-21(22(29-2)26-14-19)25-10-3-9-24-11-8-17-4-6-18(13-23)7-5-17;1-7-5-3-2-4-6-7/h4-7,12,14-16,24-25H,3,8-11H2,1-2H3;2-6H,1H3. The summed E-state index contributed by atoms with van der Waals surface area (Å²) in [4.78, 5) is 4.40. The van der Waals surface area contributed by atoms with E-state index in [0.29, 0.717) is 11.4 Å². The van der Waals surface area contributed by atoms with Gasteiger partial charge >= 0.3 is 0 Å². The first kappa shape index (κ1) is 26.5. The third kappa shape index (κ3) is 8.57. The highest BCUT2D eigenvalue weighted by atomic mass is 16.5. The molecule has 0 spiro atoms. The minimum atomic E-state index is 0.589. The molecular formula is C29H34N6O. The molecule has 36 heavy (non-hydrogen) atoms. The van der Waals surface area contributed by atoms with E-state index in [9.17, 15) is 0 Å². The number of ether oxygens (including phenoxy) is 1. The van der Waals surface area contributed by atoms with Gasteiger partial charge in [0.05, 0.1) is 30.6 Å². The van der Waals surface area contributed by atoms with Gasteiger partial charge in [0.25, 0.3) is 0 Å². The highest BCUT2D eigenvalue weighted by Crippen LogP contribution is 2.27. The van der Waals surface area contributed by atoms with Crippen LogP contribution in [0.2, 0.25) is 0 Å². The summed E-state index contributed by atoms with van der Waals surface area (Å²) in [5, 5.41) is 19.9. The first-order valence-corrected chi connectivity index (χ1v) is 12.1. The Morgan fingerprint density at radius 3 is 2.36 bits per heavy atom. The molecule has 0 amide bonds. The fourth-order valence-electron chi connectivity index (χ4n) is 3.54. The van der Waals surface area contributed by atoms with E-state index >= 15 is 0 Å². The Balaban J connectivity index is 0.000000444. The van der Waals surface area contributed by atoms with Crippen molar-refractivity contribution >= 4 is 5.69 Å². The van der Waals surface area contributed by atoms with Crippen molar-refractivity contribution in [3.63, 3.8) is 0 Å². The second-order valence-electron chi connectivity index (χ2n) is 8.43. The third-order valence-corrected chi connectivity index (χ3v) is 5.54. The molecular weight excluding hydrogens is 448 g/mol. The van der Waals surface area contributed by atoms with E-state index in [1.165, 1.54) is 11.1 Å². The van der Waals surface area contributed by atoms with Crippen molar-refractivity contribution in [2.24, 2.45) is 7.05 Å². The predicted molar refractivity (Wildman–Crippen MR) is 145 cm³/mol. The van der Waals surface area contributed by atoms with E-state index < -0.39 is 0 Å². The molecule has 0 radical (unpaired) electrons. The molecule has 4 rings (SSSR count). The van der Waals surface area contributed by atoms with E-state index in [1.807, 2.05) is 68.0 Å². The predicted octanol–water partition coefficient (Wildman–Crippen LogP) is 4.99. The Morgan fingerprint density at radius 2 is 1.75 bits per heavy atom. The molecule has 0 saturated heterocycles. The molecule has 0 atom stereocenters. The van der Waals surface area contributed by atoms with E-state index in [0.717, 1.165) is 49.3 Å². The number of aryl methyl sites for hydroxylation is 2. The second kappa shape index (κ2) is 14.3. The summed E-state index contributed by atoms with van der Waals surface area (Å²) in [7, 11) is 3.52. The van der Waals surface area contributed by atoms with Gasteiger partial charge in [-0.2, -0.15) is 10.4 Å². The minimum Gasteiger partial charge on any atom is -0.480 e. The number of hydrogen-bond donors (Lipinski definition) is 2. The average Bonchev–Trinajstić information content (AvgIpc) is 3.35. The maximum atomic E-state index is 8.83. The first-order valence-electron chi connectivity index (χ1n) is 12.1. The molecule has 0 saturated carbocycles. The molecule has 7 heteroatoms. The third-order valence-electron chi connectivity index (χ3n) is 5.54. The summed E-state index contributed by atoms with van der Waals surface area (Å²) in [6.45, 7) is 4.73. The molecule has 0 fully saturated rings. The molecule has 0 bridgehead atoms. The number of anilines is 1. The van der Waals surface area contributed by atoms with Crippen LogP contribution in [0.4, 0.5) is 5.69 Å². The van der Waals surface area contributed by atoms with Crippen molar-refractivity contribution in [2.75, 3.05) is 32.1 Å². The van der Waals surface area contributed by atoms with Crippen molar-refractivity contribution in [1.29, 1.82) is 5.26 Å². The van der Waals surface area contributed by atoms with Crippen LogP contribution in [0, 0.1) is 18.3 Å². The monoisotopic (exact) mass is 482 g/mol. The van der Waals surface area contributed by atoms with Crippen molar-refractivity contribution in [2.45, 2.75) is 19.8 Å². The number of nitrogens with zero attached hydrogens (tertiary/aromatic N) is 4. The fourth-order valence-corrected chi connectivity index (χ4v) is 3.54. The number of benzene rings is 2. The van der Waals surface area contributed by atoms with Crippen LogP contribution in [-0.4, -0.2) is 41.5 Å². The zero-order valence-corrected chi connectivity index (χ0v) is 21.2. The lowest BCUT2D eigenvalue weighted by Crippen LogP contribution is -2.20. The molecule has 186 valence electrons. The molecule has 2 N–H and O–H groups in total. The largest absolute Gasteiger partial charge is 0.480 e. The molecule has 4 aromatic rings. The number of rotatable bonds is 10. The lowest BCUT2D eigenvalue weighted by atomic mass is 10.1. The molecule has 0 aliphatic carbocycles. The fraction of sp³-hybridized carbons (Fsp3) is 0.276. The van der Waals surface area contributed by atoms with Crippen molar-refractivity contribution in [3.05, 3.63) is 95.9 Å². The van der Waals surface area contributed by atoms with Gasteiger partial charge in [-0.15, -0.1) is 0 Å². The van der Waals surface area contributed by atoms with E-state index in [-0.39, 0.29) is 0 Å². The van der Waals surface area contributed by atoms with E-state index in [1.54, 1.807) is 18.0 Å². The van der Waals surface area contributed by atoms with Crippen LogP contribution in [0.1, 0.15) is 23.1 Å². The highest BCUT2D eigenvalue weighted by molar-refractivity contribution is 5.68. The Bertz CT molecular complexity index is 1230. The Hall–Kier alpha value is -4.15. The summed E-state index contributed by atoms with van der Waals surface area (Å²) in [5.74, 6) is 0.589. The molecule has 0 unspecified atom stereocenters. The average molecular weight is 483 g/mol. The van der Waals surface area contributed by atoms with Gasteiger partial charge in [0.1, 0.15) is 0 Å². The van der Waals surface area contributed by atoms with Crippen LogP contribution >= 0.6 is 0 Å². The SMILES string of the molecule is COc1ncc(-c2cnn(C)c2)cc1NCCCNCCc1ccc(C#N)cc1.Cc1ccccc1. The van der Waals surface area contributed by atoms with Crippen molar-refractivity contribution < 1.29 is 4.74 Å². The summed E-state index contributed by atoms with van der Waals surface area (Å²) in [6.07, 6.45) is 7.51. The van der Waals surface area contributed by atoms with Crippen LogP contribution in [-0.2, 0) is 13.5 Å². The normalized spacial score (nSPS) is 10.2. The van der Waals surface area contributed by atoms with Gasteiger partial charge in [-0.05, 0) is 56.6 Å². The lowest BCUT2D eigenvalue weighted by molar-refractivity contribution is 0.400. The van der Waals surface area contributed by atoms with Crippen molar-refractivity contribution in [3.8, 4) is 23.1 Å². The van der Waals surface area contributed by atoms with Gasteiger partial charge in [-0.3, -0.25) is 4.68 Å². The molecule has 2 aromatic heterocycles. The van der Waals surface area contributed by atoms with Gasteiger partial charge in [0.15, 0.2) is 0 Å². The Morgan fingerprint density at radius 1 is 0.972 bits per heavy atom. The van der Waals surface area contributed by atoms with Gasteiger partial charge in [0.2, 0.25) is 5.88 Å². The van der Waals surface area contributed by atoms with Crippen LogP contribution in [0.3, 0.4) is 0 Å². The Kier molecular flexibility index (Phi) is 10.5. The van der Waals surface area contributed by atoms with Crippen LogP contribution in [0.15, 0.2) is 79.3 Å². The number of aromatic nitrogens is 3. The van der Waals surface area contributed by atoms with Gasteiger partial charge in [0, 0.05) is 37.1 Å². The molecule has 7 nitrogen and oxygen atoms in total. The van der Waals surface area contributed by atoms with Gasteiger partial charge in [-0.1, -0.05) is 48.0 Å². The molecule has 2 heterocycles. The van der Waals surface area contributed by atoms with E-state index in [4.69, 9.17) is 10.00 Å². The second-order valence-corrected chi connectivity index (χ2v) is 8.43. The summed E-state index contributed by atoms with van der Waals surface area (Å²) >= 11 is 0. The maximum Gasteiger partial charge on any atom is 0.237 e. The number of nitriles is 1. The summed E-state index contributed by atoms with van der Waals surface area (Å²) in [6, 6.07) is 22.2. The van der Waals surface area contributed by atoms with E-state index in [2.05, 4.69) is 45.8 Å². The zero-order valence-electron chi connectivity index (χ0n) is 21.2. The summed E-state index contributed by atoms with van der Waals surface area (Å²) < 4.78 is 7.15. The molecule has 2 aromatic carbocycles. The topological polar surface area (TPSA) is 87.8 Å². The number of pyridine rings is 1. The number of hydrogen-bond acceptors (Lipinski definition) is 6. The van der Waals surface area contributed by atoms with Gasteiger partial charge < -0.3 is 15.4 Å². The smallest absolute Gasteiger partial charge is 0.237 e. The van der Waals surface area contributed by atoms with Crippen LogP contribution in [0.25, 0.3) is 11.1 Å². The summed E-state index contributed by atoms with van der Waals surface area (Å²) in [5.41, 5.74) is 6.16. The molecule has 0 aliphatic heterocycles. The molecule has 0 aliphatic rings. The van der Waals surface area contributed by atoms with Crippen LogP contribution < -0.4 is 15.4 Å². The quantitative estimate of drug-likeness (QED) is 0.310. The zero-order chi connectivity index (χ0) is 25.6. The maximum absolute atomic E-state index is 8.83. The van der Waals surface area contributed by atoms with Crippen LogP contribution in [0.5, 0.6) is 5.88 Å². The first-order chi connectivity index (χ1) is 17.6. The lowest BCUT2D eigenvalue weighted by Gasteiger charge is -2.12. The van der Waals surface area contributed by atoms with Gasteiger partial charge in [-0.25, -0.2) is 4.98 Å². The highest BCUT2D eigenvalue weighted by Gasteiger charge is 2.08.